The maximum Gasteiger partial charge on any atom is 0.224 e. The summed E-state index contributed by atoms with van der Waals surface area (Å²) in [5.74, 6) is 0.291. The number of rotatable bonds is 4. The summed E-state index contributed by atoms with van der Waals surface area (Å²) in [5.41, 5.74) is 2.27. The Bertz CT molecular complexity index is 769. The lowest BCUT2D eigenvalue weighted by Crippen LogP contribution is -2.20. The zero-order valence-corrected chi connectivity index (χ0v) is 13.6. The second-order valence-electron chi connectivity index (χ2n) is 5.24. The quantitative estimate of drug-likeness (QED) is 0.844. The third-order valence-corrected chi connectivity index (χ3v) is 3.97. The fourth-order valence-corrected chi connectivity index (χ4v) is 2.91. The van der Waals surface area contributed by atoms with Gasteiger partial charge in [-0.3, -0.25) is 9.59 Å². The van der Waals surface area contributed by atoms with Crippen LogP contribution in [-0.4, -0.2) is 18.3 Å². The van der Waals surface area contributed by atoms with Crippen molar-refractivity contribution in [2.75, 3.05) is 11.9 Å². The van der Waals surface area contributed by atoms with Crippen LogP contribution in [0.1, 0.15) is 22.3 Å². The van der Waals surface area contributed by atoms with Crippen LogP contribution in [0.5, 0.6) is 5.75 Å². The predicted octanol–water partition coefficient (Wildman–Crippen LogP) is 4.14. The molecule has 0 fully saturated rings. The molecule has 0 radical (unpaired) electrons. The second-order valence-corrected chi connectivity index (χ2v) is 6.11. The second kappa shape index (κ2) is 6.60. The van der Waals surface area contributed by atoms with E-state index in [9.17, 15) is 9.59 Å². The summed E-state index contributed by atoms with van der Waals surface area (Å²) in [6.07, 6.45) is 1.06. The molecule has 1 N–H and O–H groups in total. The van der Waals surface area contributed by atoms with Crippen LogP contribution >= 0.6 is 23.2 Å². The van der Waals surface area contributed by atoms with Crippen molar-refractivity contribution in [2.24, 2.45) is 0 Å². The van der Waals surface area contributed by atoms with Gasteiger partial charge in [-0.25, -0.2) is 0 Å². The average molecular weight is 350 g/mol. The largest absolute Gasteiger partial charge is 0.485 e. The molecule has 1 aliphatic heterocycles. The van der Waals surface area contributed by atoms with Crippen LogP contribution in [0.4, 0.5) is 5.69 Å². The number of ketones is 1. The van der Waals surface area contributed by atoms with Gasteiger partial charge in [0.25, 0.3) is 0 Å². The van der Waals surface area contributed by atoms with Gasteiger partial charge >= 0.3 is 0 Å². The maximum atomic E-state index is 12.3. The summed E-state index contributed by atoms with van der Waals surface area (Å²) in [6, 6.07) is 10.0. The first-order chi connectivity index (χ1) is 11.0. The first kappa shape index (κ1) is 15.8. The molecule has 1 aliphatic rings. The number of anilines is 1. The molecular formula is C17H13Cl2NO3. The standard InChI is InChI=1S/C17H13Cl2NO3/c18-12-6-13(19)8-14(7-12)23-9-16(21)11-1-3-15-10(5-11)2-4-17(22)20-15/h1,3,5-8H,2,4,9H2,(H,20,22). The normalized spacial score (nSPS) is 13.2. The first-order valence-corrected chi connectivity index (χ1v) is 7.82. The third kappa shape index (κ3) is 3.84. The van der Waals surface area contributed by atoms with E-state index in [1.807, 2.05) is 0 Å². The molecule has 1 amide bonds. The van der Waals surface area contributed by atoms with Gasteiger partial charge < -0.3 is 10.1 Å². The Morgan fingerprint density at radius 1 is 1.09 bits per heavy atom. The van der Waals surface area contributed by atoms with Crippen molar-refractivity contribution < 1.29 is 14.3 Å². The number of ether oxygens (including phenoxy) is 1. The highest BCUT2D eigenvalue weighted by molar-refractivity contribution is 6.34. The van der Waals surface area contributed by atoms with Gasteiger partial charge in [-0.2, -0.15) is 0 Å². The number of halogens is 2. The Labute approximate surface area is 143 Å². The van der Waals surface area contributed by atoms with Crippen LogP contribution in [-0.2, 0) is 11.2 Å². The van der Waals surface area contributed by atoms with Crippen molar-refractivity contribution in [1.29, 1.82) is 0 Å². The van der Waals surface area contributed by atoms with E-state index < -0.39 is 0 Å². The molecule has 1 heterocycles. The summed E-state index contributed by atoms with van der Waals surface area (Å²) < 4.78 is 5.46. The molecule has 0 unspecified atom stereocenters. The van der Waals surface area contributed by atoms with E-state index in [1.54, 1.807) is 36.4 Å². The Balaban J connectivity index is 1.70. The van der Waals surface area contributed by atoms with E-state index in [0.29, 0.717) is 34.2 Å². The van der Waals surface area contributed by atoms with E-state index in [0.717, 1.165) is 11.3 Å². The van der Waals surface area contributed by atoms with E-state index in [-0.39, 0.29) is 18.3 Å². The highest BCUT2D eigenvalue weighted by atomic mass is 35.5. The van der Waals surface area contributed by atoms with Crippen LogP contribution in [0, 0.1) is 0 Å². The van der Waals surface area contributed by atoms with Crippen molar-refractivity contribution in [1.82, 2.24) is 0 Å². The number of hydrogen-bond donors (Lipinski definition) is 1. The molecule has 0 bridgehead atoms. The van der Waals surface area contributed by atoms with E-state index in [4.69, 9.17) is 27.9 Å². The highest BCUT2D eigenvalue weighted by Gasteiger charge is 2.17. The summed E-state index contributed by atoms with van der Waals surface area (Å²) in [6.45, 7) is -0.109. The van der Waals surface area contributed by atoms with Gasteiger partial charge in [0.15, 0.2) is 12.4 Å². The summed E-state index contributed by atoms with van der Waals surface area (Å²) in [7, 11) is 0. The van der Waals surface area contributed by atoms with Gasteiger partial charge in [-0.05, 0) is 48.4 Å². The number of benzene rings is 2. The topological polar surface area (TPSA) is 55.4 Å². The molecular weight excluding hydrogens is 337 g/mol. The van der Waals surface area contributed by atoms with Crippen LogP contribution in [0.2, 0.25) is 10.0 Å². The molecule has 2 aromatic rings. The molecule has 0 spiro atoms. The molecule has 2 aromatic carbocycles. The Hall–Kier alpha value is -2.04. The lowest BCUT2D eigenvalue weighted by Gasteiger charge is -2.17. The SMILES string of the molecule is O=C1CCc2cc(C(=O)COc3cc(Cl)cc(Cl)c3)ccc2N1. The molecule has 0 aliphatic carbocycles. The molecule has 0 aromatic heterocycles. The van der Waals surface area contributed by atoms with Crippen molar-refractivity contribution in [2.45, 2.75) is 12.8 Å². The van der Waals surface area contributed by atoms with Gasteiger partial charge in [0.2, 0.25) is 5.91 Å². The number of Topliss-reactive ketones (excluding diaryl/α,β-unsaturated/α-hetero) is 1. The average Bonchev–Trinajstić information content (AvgIpc) is 2.51. The van der Waals surface area contributed by atoms with Crippen LogP contribution in [0.25, 0.3) is 0 Å². The number of carbonyl (C=O) groups is 2. The predicted molar refractivity (Wildman–Crippen MR) is 89.7 cm³/mol. The molecule has 23 heavy (non-hydrogen) atoms. The minimum Gasteiger partial charge on any atom is -0.485 e. The molecule has 6 heteroatoms. The fraction of sp³-hybridized carbons (Fsp3) is 0.176. The van der Waals surface area contributed by atoms with Crippen molar-refractivity contribution in [3.63, 3.8) is 0 Å². The van der Waals surface area contributed by atoms with Crippen molar-refractivity contribution in [3.8, 4) is 5.75 Å². The summed E-state index contributed by atoms with van der Waals surface area (Å²) in [4.78, 5) is 23.6. The zero-order chi connectivity index (χ0) is 16.4. The molecule has 0 saturated carbocycles. The van der Waals surface area contributed by atoms with Gasteiger partial charge in [0.05, 0.1) is 0 Å². The maximum absolute atomic E-state index is 12.3. The minimum atomic E-state index is -0.152. The lowest BCUT2D eigenvalue weighted by molar-refractivity contribution is -0.116. The minimum absolute atomic E-state index is 0.00209. The first-order valence-electron chi connectivity index (χ1n) is 7.06. The monoisotopic (exact) mass is 349 g/mol. The Morgan fingerprint density at radius 3 is 2.57 bits per heavy atom. The third-order valence-electron chi connectivity index (χ3n) is 3.53. The van der Waals surface area contributed by atoms with Gasteiger partial charge in [0, 0.05) is 27.7 Å². The number of carbonyl (C=O) groups excluding carboxylic acids is 2. The van der Waals surface area contributed by atoms with E-state index in [2.05, 4.69) is 5.32 Å². The smallest absolute Gasteiger partial charge is 0.224 e. The summed E-state index contributed by atoms with van der Waals surface area (Å²) in [5, 5.41) is 3.68. The number of aryl methyl sites for hydroxylation is 1. The molecule has 118 valence electrons. The molecule has 0 atom stereocenters. The van der Waals surface area contributed by atoms with Crippen LogP contribution in [0.15, 0.2) is 36.4 Å². The Morgan fingerprint density at radius 2 is 1.83 bits per heavy atom. The van der Waals surface area contributed by atoms with Crippen LogP contribution < -0.4 is 10.1 Å². The zero-order valence-electron chi connectivity index (χ0n) is 12.1. The van der Waals surface area contributed by atoms with E-state index in [1.165, 1.54) is 0 Å². The molecule has 0 saturated heterocycles. The molecule has 3 rings (SSSR count). The van der Waals surface area contributed by atoms with Crippen molar-refractivity contribution >= 4 is 40.6 Å². The lowest BCUT2D eigenvalue weighted by atomic mass is 9.99. The van der Waals surface area contributed by atoms with Gasteiger partial charge in [-0.15, -0.1) is 0 Å². The van der Waals surface area contributed by atoms with Gasteiger partial charge in [0.1, 0.15) is 5.75 Å². The van der Waals surface area contributed by atoms with Crippen molar-refractivity contribution in [3.05, 3.63) is 57.6 Å². The highest BCUT2D eigenvalue weighted by Crippen LogP contribution is 2.25. The number of nitrogens with one attached hydrogen (secondary N) is 1. The summed E-state index contributed by atoms with van der Waals surface area (Å²) >= 11 is 11.8. The molecule has 4 nitrogen and oxygen atoms in total. The van der Waals surface area contributed by atoms with E-state index >= 15 is 0 Å². The fourth-order valence-electron chi connectivity index (χ4n) is 2.40. The number of fused-ring (bicyclic) bond motifs is 1. The number of amides is 1. The Kier molecular flexibility index (Phi) is 4.55. The van der Waals surface area contributed by atoms with Gasteiger partial charge in [-0.1, -0.05) is 23.2 Å². The van der Waals surface area contributed by atoms with Crippen LogP contribution in [0.3, 0.4) is 0 Å². The number of hydrogen-bond acceptors (Lipinski definition) is 3.